The SMILES string of the molecule is COOCOC(C)(c1cccc(C(OCOOC)(C(F)(F)F)C(F)(F)F)c1)C(F)(F)F. The van der Waals surface area contributed by atoms with Gasteiger partial charge in [-0.05, 0) is 18.6 Å². The first-order valence-corrected chi connectivity index (χ1v) is 7.98. The second-order valence-corrected chi connectivity index (χ2v) is 5.88. The lowest BCUT2D eigenvalue weighted by Gasteiger charge is -2.38. The maximum Gasteiger partial charge on any atom is 0.430 e. The molecule has 1 unspecified atom stereocenters. The van der Waals surface area contributed by atoms with E-state index in [-0.39, 0.29) is 6.07 Å². The first-order chi connectivity index (χ1) is 14.1. The lowest BCUT2D eigenvalue weighted by atomic mass is 9.86. The number of benzene rings is 1. The van der Waals surface area contributed by atoms with E-state index in [1.165, 1.54) is 0 Å². The van der Waals surface area contributed by atoms with Crippen LogP contribution in [0.25, 0.3) is 0 Å². The van der Waals surface area contributed by atoms with Gasteiger partial charge in [0.25, 0.3) is 5.60 Å². The van der Waals surface area contributed by atoms with Gasteiger partial charge in [-0.1, -0.05) is 18.2 Å². The summed E-state index contributed by atoms with van der Waals surface area (Å²) in [6.07, 6.45) is -17.6. The van der Waals surface area contributed by atoms with Crippen LogP contribution in [0.4, 0.5) is 39.5 Å². The van der Waals surface area contributed by atoms with Gasteiger partial charge in [0.1, 0.15) is 0 Å². The lowest BCUT2D eigenvalue weighted by Crippen LogP contribution is -2.56. The molecule has 0 aliphatic carbocycles. The van der Waals surface area contributed by atoms with Crippen LogP contribution in [0.5, 0.6) is 0 Å². The van der Waals surface area contributed by atoms with Crippen molar-refractivity contribution < 1.29 is 68.5 Å². The molecule has 0 bridgehead atoms. The summed E-state index contributed by atoms with van der Waals surface area (Å²) in [6.45, 7) is -2.39. The predicted octanol–water partition coefficient (Wildman–Crippen LogP) is 4.89. The minimum Gasteiger partial charge on any atom is -0.332 e. The van der Waals surface area contributed by atoms with Gasteiger partial charge in [-0.15, -0.1) is 0 Å². The molecule has 0 saturated heterocycles. The highest BCUT2D eigenvalue weighted by atomic mass is 19.4. The average molecular weight is 476 g/mol. The Morgan fingerprint density at radius 2 is 1.13 bits per heavy atom. The summed E-state index contributed by atoms with van der Waals surface area (Å²) >= 11 is 0. The van der Waals surface area contributed by atoms with Crippen molar-refractivity contribution in [1.29, 1.82) is 0 Å². The van der Waals surface area contributed by atoms with E-state index in [1.54, 1.807) is 0 Å². The molecule has 0 N–H and O–H groups in total. The van der Waals surface area contributed by atoms with Gasteiger partial charge < -0.3 is 9.47 Å². The maximum absolute atomic E-state index is 13.7. The van der Waals surface area contributed by atoms with Crippen LogP contribution in [0.3, 0.4) is 0 Å². The molecule has 15 heteroatoms. The zero-order valence-corrected chi connectivity index (χ0v) is 16.1. The molecule has 1 aromatic carbocycles. The summed E-state index contributed by atoms with van der Waals surface area (Å²) in [7, 11) is 1.73. The van der Waals surface area contributed by atoms with Crippen molar-refractivity contribution in [3.63, 3.8) is 0 Å². The Morgan fingerprint density at radius 3 is 1.55 bits per heavy atom. The Labute approximate surface area is 169 Å². The summed E-state index contributed by atoms with van der Waals surface area (Å²) in [5, 5.41) is 0. The molecule has 1 rings (SSSR count). The Kier molecular flexibility index (Phi) is 8.72. The number of rotatable bonds is 10. The molecule has 0 aromatic heterocycles. The molecular weight excluding hydrogens is 459 g/mol. The number of ether oxygens (including phenoxy) is 2. The number of halogens is 9. The van der Waals surface area contributed by atoms with Crippen LogP contribution in [-0.2, 0) is 40.2 Å². The van der Waals surface area contributed by atoms with Crippen molar-refractivity contribution in [3.8, 4) is 0 Å². The van der Waals surface area contributed by atoms with Crippen molar-refractivity contribution >= 4 is 0 Å². The predicted molar refractivity (Wildman–Crippen MR) is 81.7 cm³/mol. The van der Waals surface area contributed by atoms with E-state index in [2.05, 4.69) is 29.0 Å². The van der Waals surface area contributed by atoms with Crippen molar-refractivity contribution in [2.75, 3.05) is 27.8 Å². The highest BCUT2D eigenvalue weighted by molar-refractivity contribution is 5.35. The second kappa shape index (κ2) is 9.87. The van der Waals surface area contributed by atoms with Crippen molar-refractivity contribution in [2.45, 2.75) is 36.7 Å². The van der Waals surface area contributed by atoms with Gasteiger partial charge in [0, 0.05) is 5.56 Å². The van der Waals surface area contributed by atoms with Gasteiger partial charge in [-0.2, -0.15) is 39.5 Å². The lowest BCUT2D eigenvalue weighted by molar-refractivity contribution is -0.428. The van der Waals surface area contributed by atoms with Crippen LogP contribution in [0.15, 0.2) is 24.3 Å². The highest BCUT2D eigenvalue weighted by Crippen LogP contribution is 2.54. The van der Waals surface area contributed by atoms with E-state index in [0.29, 0.717) is 25.1 Å². The third kappa shape index (κ3) is 5.59. The fraction of sp³-hybridized carbons (Fsp3) is 0.625. The van der Waals surface area contributed by atoms with Crippen LogP contribution < -0.4 is 0 Å². The van der Waals surface area contributed by atoms with Crippen LogP contribution in [0.2, 0.25) is 0 Å². The molecule has 0 amide bonds. The summed E-state index contributed by atoms with van der Waals surface area (Å²) in [5.74, 6) is 0. The number of hydrogen-bond donors (Lipinski definition) is 0. The molecule has 31 heavy (non-hydrogen) atoms. The zero-order valence-electron chi connectivity index (χ0n) is 16.1. The molecular formula is C16H17F9O6. The topological polar surface area (TPSA) is 55.4 Å². The Hall–Kier alpha value is -1.65. The van der Waals surface area contributed by atoms with Gasteiger partial charge in [-0.25, -0.2) is 19.6 Å². The Bertz CT molecular complexity index is 690. The van der Waals surface area contributed by atoms with E-state index in [1.807, 2.05) is 0 Å². The second-order valence-electron chi connectivity index (χ2n) is 5.88. The van der Waals surface area contributed by atoms with Crippen LogP contribution in [0, 0.1) is 0 Å². The molecule has 1 aromatic rings. The molecule has 0 fully saturated rings. The molecule has 0 aliphatic heterocycles. The quantitative estimate of drug-likeness (QED) is 0.158. The molecule has 0 spiro atoms. The van der Waals surface area contributed by atoms with E-state index < -0.39 is 54.4 Å². The smallest absolute Gasteiger partial charge is 0.332 e. The molecule has 1 atom stereocenters. The molecule has 180 valence electrons. The molecule has 0 saturated carbocycles. The Balaban J connectivity index is 3.69. The van der Waals surface area contributed by atoms with Crippen LogP contribution >= 0.6 is 0 Å². The first kappa shape index (κ1) is 27.4. The van der Waals surface area contributed by atoms with Crippen molar-refractivity contribution in [1.82, 2.24) is 0 Å². The summed E-state index contributed by atoms with van der Waals surface area (Å²) in [5.41, 5.74) is -11.2. The van der Waals surface area contributed by atoms with Gasteiger partial charge >= 0.3 is 18.5 Å². The van der Waals surface area contributed by atoms with E-state index in [4.69, 9.17) is 0 Å². The van der Waals surface area contributed by atoms with E-state index in [9.17, 15) is 39.5 Å². The van der Waals surface area contributed by atoms with Gasteiger partial charge in [0.05, 0.1) is 14.2 Å². The van der Waals surface area contributed by atoms with Gasteiger partial charge in [0.2, 0.25) is 0 Å². The van der Waals surface area contributed by atoms with E-state index >= 15 is 0 Å². The zero-order chi connectivity index (χ0) is 24.1. The fourth-order valence-electron chi connectivity index (χ4n) is 2.45. The average Bonchev–Trinajstić information content (AvgIpc) is 2.62. The first-order valence-electron chi connectivity index (χ1n) is 7.98. The molecule has 0 radical (unpaired) electrons. The third-order valence-electron chi connectivity index (χ3n) is 4.11. The normalized spacial score (nSPS) is 15.7. The van der Waals surface area contributed by atoms with Gasteiger partial charge in [-0.3, -0.25) is 0 Å². The summed E-state index contributed by atoms with van der Waals surface area (Å²) < 4.78 is 131. The third-order valence-corrected chi connectivity index (χ3v) is 4.11. The minimum absolute atomic E-state index is 0.0219. The fourth-order valence-corrected chi connectivity index (χ4v) is 2.45. The van der Waals surface area contributed by atoms with Crippen LogP contribution in [0.1, 0.15) is 18.1 Å². The summed E-state index contributed by atoms with van der Waals surface area (Å²) in [4.78, 5) is 16.1. The Morgan fingerprint density at radius 1 is 0.677 bits per heavy atom. The largest absolute Gasteiger partial charge is 0.430 e. The van der Waals surface area contributed by atoms with Crippen LogP contribution in [-0.4, -0.2) is 46.3 Å². The standard InChI is InChI=1S/C16H17F9O6/c1-12(14(17,18)19,28-8-30-26-2)10-5-4-6-11(7-10)13(15(20,21)22,16(23,24)25)29-9-31-27-3/h4-7H,8-9H2,1-3H3. The number of alkyl halides is 9. The van der Waals surface area contributed by atoms with E-state index in [0.717, 1.165) is 14.2 Å². The minimum atomic E-state index is -6.16. The highest BCUT2D eigenvalue weighted by Gasteiger charge is 2.74. The number of hydrogen-bond acceptors (Lipinski definition) is 6. The summed E-state index contributed by atoms with van der Waals surface area (Å²) in [6, 6.07) is 1.52. The molecule has 0 heterocycles. The molecule has 6 nitrogen and oxygen atoms in total. The monoisotopic (exact) mass is 476 g/mol. The van der Waals surface area contributed by atoms with Crippen molar-refractivity contribution in [3.05, 3.63) is 35.4 Å². The van der Waals surface area contributed by atoms with Crippen molar-refractivity contribution in [2.24, 2.45) is 0 Å². The van der Waals surface area contributed by atoms with Gasteiger partial charge in [0.15, 0.2) is 19.2 Å². The molecule has 0 aliphatic rings. The maximum atomic E-state index is 13.7.